The van der Waals surface area contributed by atoms with Crippen LogP contribution in [0.25, 0.3) is 10.8 Å². The summed E-state index contributed by atoms with van der Waals surface area (Å²) in [6, 6.07) is 17.5. The van der Waals surface area contributed by atoms with Crippen LogP contribution in [0.15, 0.2) is 65.6 Å². The van der Waals surface area contributed by atoms with Crippen LogP contribution in [0, 0.1) is 0 Å². The van der Waals surface area contributed by atoms with Crippen molar-refractivity contribution in [3.8, 4) is 0 Å². The molecule has 0 spiro atoms. The molecule has 1 heterocycles. The predicted molar refractivity (Wildman–Crippen MR) is 115 cm³/mol. The number of benzene rings is 3. The van der Waals surface area contributed by atoms with Gasteiger partial charge in [0, 0.05) is 31.2 Å². The lowest BCUT2D eigenvalue weighted by Gasteiger charge is -2.34. The van der Waals surface area contributed by atoms with E-state index in [9.17, 15) is 13.2 Å². The molecule has 0 aromatic heterocycles. The molecule has 29 heavy (non-hydrogen) atoms. The summed E-state index contributed by atoms with van der Waals surface area (Å²) in [5, 5.41) is 2.61. The van der Waals surface area contributed by atoms with Crippen LogP contribution in [0.2, 0.25) is 10.0 Å². The molecule has 3 aromatic rings. The molecule has 0 aliphatic carbocycles. The van der Waals surface area contributed by atoms with Crippen LogP contribution >= 0.6 is 23.2 Å². The predicted octanol–water partition coefficient (Wildman–Crippen LogP) is 4.29. The van der Waals surface area contributed by atoms with E-state index in [2.05, 4.69) is 0 Å². The summed E-state index contributed by atoms with van der Waals surface area (Å²) in [4.78, 5) is 14.6. The van der Waals surface area contributed by atoms with Crippen LogP contribution in [-0.2, 0) is 10.0 Å². The van der Waals surface area contributed by atoms with Gasteiger partial charge in [-0.15, -0.1) is 0 Å². The molecule has 0 bridgehead atoms. The highest BCUT2D eigenvalue weighted by atomic mass is 35.5. The number of rotatable bonds is 3. The number of hydrogen-bond acceptors (Lipinski definition) is 3. The van der Waals surface area contributed by atoms with Crippen molar-refractivity contribution in [1.29, 1.82) is 0 Å². The Morgan fingerprint density at radius 2 is 1.52 bits per heavy atom. The van der Waals surface area contributed by atoms with Gasteiger partial charge in [0.2, 0.25) is 10.0 Å². The second kappa shape index (κ2) is 7.95. The third kappa shape index (κ3) is 3.98. The number of hydrogen-bond donors (Lipinski definition) is 0. The van der Waals surface area contributed by atoms with E-state index in [0.29, 0.717) is 15.6 Å². The molecule has 0 radical (unpaired) electrons. The summed E-state index contributed by atoms with van der Waals surface area (Å²) >= 11 is 12.1. The minimum atomic E-state index is -3.63. The summed E-state index contributed by atoms with van der Waals surface area (Å²) in [7, 11) is -3.63. The summed E-state index contributed by atoms with van der Waals surface area (Å²) in [5.74, 6) is -0.250. The lowest BCUT2D eigenvalue weighted by Crippen LogP contribution is -2.50. The number of sulfonamides is 1. The quantitative estimate of drug-likeness (QED) is 0.600. The second-order valence-corrected chi connectivity index (χ2v) is 9.61. The third-order valence-electron chi connectivity index (χ3n) is 5.04. The van der Waals surface area contributed by atoms with Gasteiger partial charge in [-0.2, -0.15) is 4.31 Å². The number of halogens is 2. The highest BCUT2D eigenvalue weighted by Crippen LogP contribution is 2.25. The molecule has 8 heteroatoms. The fourth-order valence-corrected chi connectivity index (χ4v) is 5.27. The summed E-state index contributed by atoms with van der Waals surface area (Å²) in [6.45, 7) is 1.02. The largest absolute Gasteiger partial charge is 0.336 e. The molecule has 0 unspecified atom stereocenters. The van der Waals surface area contributed by atoms with Crippen LogP contribution in [0.5, 0.6) is 0 Å². The minimum Gasteiger partial charge on any atom is -0.336 e. The molecule has 0 saturated carbocycles. The zero-order valence-electron chi connectivity index (χ0n) is 15.4. The van der Waals surface area contributed by atoms with E-state index in [1.165, 1.54) is 10.4 Å². The lowest BCUT2D eigenvalue weighted by molar-refractivity contribution is 0.0698. The van der Waals surface area contributed by atoms with Crippen molar-refractivity contribution in [2.45, 2.75) is 4.90 Å². The fraction of sp³-hybridized carbons (Fsp3) is 0.190. The van der Waals surface area contributed by atoms with E-state index in [0.717, 1.165) is 10.8 Å². The Balaban J connectivity index is 1.51. The van der Waals surface area contributed by atoms with Gasteiger partial charge < -0.3 is 4.90 Å². The molecule has 1 amide bonds. The van der Waals surface area contributed by atoms with Gasteiger partial charge in [-0.1, -0.05) is 53.5 Å². The van der Waals surface area contributed by atoms with Crippen molar-refractivity contribution in [3.63, 3.8) is 0 Å². The number of carbonyl (C=O) groups is 1. The molecular weight excluding hydrogens is 431 g/mol. The van der Waals surface area contributed by atoms with Crippen molar-refractivity contribution in [3.05, 3.63) is 76.3 Å². The van der Waals surface area contributed by atoms with E-state index in [-0.39, 0.29) is 37.0 Å². The zero-order valence-corrected chi connectivity index (χ0v) is 17.7. The zero-order chi connectivity index (χ0) is 20.6. The lowest BCUT2D eigenvalue weighted by atomic mass is 10.1. The third-order valence-corrected chi connectivity index (χ3v) is 7.50. The Morgan fingerprint density at radius 3 is 2.24 bits per heavy atom. The highest BCUT2D eigenvalue weighted by molar-refractivity contribution is 7.89. The standard InChI is InChI=1S/C21H18Cl2N2O3S/c22-17-6-8-20(23)19(14-17)21(26)24-9-11-25(12-10-24)29(27,28)18-7-5-15-3-1-2-4-16(15)13-18/h1-8,13-14H,9-12H2. The first-order valence-electron chi connectivity index (χ1n) is 9.09. The van der Waals surface area contributed by atoms with Crippen molar-refractivity contribution in [2.24, 2.45) is 0 Å². The van der Waals surface area contributed by atoms with E-state index in [1.807, 2.05) is 30.3 Å². The topological polar surface area (TPSA) is 57.7 Å². The van der Waals surface area contributed by atoms with E-state index >= 15 is 0 Å². The highest BCUT2D eigenvalue weighted by Gasteiger charge is 2.31. The Morgan fingerprint density at radius 1 is 0.828 bits per heavy atom. The summed E-state index contributed by atoms with van der Waals surface area (Å²) in [6.07, 6.45) is 0. The van der Waals surface area contributed by atoms with E-state index in [1.54, 1.807) is 29.2 Å². The van der Waals surface area contributed by atoms with Gasteiger partial charge in [0.05, 0.1) is 15.5 Å². The van der Waals surface area contributed by atoms with Crippen LogP contribution in [0.3, 0.4) is 0 Å². The van der Waals surface area contributed by atoms with Gasteiger partial charge in [-0.05, 0) is 41.1 Å². The van der Waals surface area contributed by atoms with Crippen LogP contribution in [0.1, 0.15) is 10.4 Å². The Labute approximate surface area is 179 Å². The van der Waals surface area contributed by atoms with Crippen molar-refractivity contribution >= 4 is 49.9 Å². The average Bonchev–Trinajstić information content (AvgIpc) is 2.74. The Kier molecular flexibility index (Phi) is 5.53. The second-order valence-electron chi connectivity index (χ2n) is 6.83. The Hall–Kier alpha value is -2.12. The van der Waals surface area contributed by atoms with Crippen LogP contribution < -0.4 is 0 Å². The molecule has 1 aliphatic rings. The molecule has 3 aromatic carbocycles. The molecule has 1 saturated heterocycles. The number of piperazine rings is 1. The van der Waals surface area contributed by atoms with Crippen LogP contribution in [-0.4, -0.2) is 49.7 Å². The van der Waals surface area contributed by atoms with Gasteiger partial charge >= 0.3 is 0 Å². The van der Waals surface area contributed by atoms with Crippen molar-refractivity contribution in [2.75, 3.05) is 26.2 Å². The van der Waals surface area contributed by atoms with Crippen molar-refractivity contribution in [1.82, 2.24) is 9.21 Å². The van der Waals surface area contributed by atoms with Crippen LogP contribution in [0.4, 0.5) is 0 Å². The molecule has 4 rings (SSSR count). The smallest absolute Gasteiger partial charge is 0.255 e. The SMILES string of the molecule is O=C(c1cc(Cl)ccc1Cl)N1CCN(S(=O)(=O)c2ccc3ccccc3c2)CC1. The molecule has 0 N–H and O–H groups in total. The molecule has 1 fully saturated rings. The van der Waals surface area contributed by atoms with E-state index in [4.69, 9.17) is 23.2 Å². The number of carbonyl (C=O) groups excluding carboxylic acids is 1. The fourth-order valence-electron chi connectivity index (χ4n) is 3.44. The molecule has 0 atom stereocenters. The van der Waals surface area contributed by atoms with Crippen molar-refractivity contribution < 1.29 is 13.2 Å². The first kappa shape index (κ1) is 20.2. The molecular formula is C21H18Cl2N2O3S. The number of fused-ring (bicyclic) bond motifs is 1. The molecule has 150 valence electrons. The normalized spacial score (nSPS) is 15.6. The van der Waals surface area contributed by atoms with Gasteiger partial charge in [0.15, 0.2) is 0 Å². The average molecular weight is 449 g/mol. The minimum absolute atomic E-state index is 0.221. The number of amides is 1. The summed E-state index contributed by atoms with van der Waals surface area (Å²) in [5.41, 5.74) is 0.324. The van der Waals surface area contributed by atoms with Gasteiger partial charge in [0.1, 0.15) is 0 Å². The Bertz CT molecular complexity index is 1190. The maximum absolute atomic E-state index is 13.1. The maximum atomic E-state index is 13.1. The van der Waals surface area contributed by atoms with Gasteiger partial charge in [-0.3, -0.25) is 4.79 Å². The first-order chi connectivity index (χ1) is 13.9. The number of nitrogens with zero attached hydrogens (tertiary/aromatic N) is 2. The molecule has 5 nitrogen and oxygen atoms in total. The van der Waals surface area contributed by atoms with Gasteiger partial charge in [0.25, 0.3) is 5.91 Å². The monoisotopic (exact) mass is 448 g/mol. The molecule has 1 aliphatic heterocycles. The first-order valence-corrected chi connectivity index (χ1v) is 11.3. The summed E-state index contributed by atoms with van der Waals surface area (Å²) < 4.78 is 27.5. The van der Waals surface area contributed by atoms with Gasteiger partial charge in [-0.25, -0.2) is 8.42 Å². The van der Waals surface area contributed by atoms with E-state index < -0.39 is 10.0 Å². The maximum Gasteiger partial charge on any atom is 0.255 e.